The van der Waals surface area contributed by atoms with E-state index in [9.17, 15) is 0 Å². The van der Waals surface area contributed by atoms with Gasteiger partial charge in [-0.1, -0.05) is 0 Å². The van der Waals surface area contributed by atoms with Crippen LogP contribution in [-0.2, 0) is 0 Å². The number of rotatable bonds is 3. The first-order chi connectivity index (χ1) is 15.1. The van der Waals surface area contributed by atoms with Gasteiger partial charge in [0.15, 0.2) is 17.1 Å². The summed E-state index contributed by atoms with van der Waals surface area (Å²) in [5.74, 6) is 1.23. The van der Waals surface area contributed by atoms with E-state index in [2.05, 4.69) is 34.3 Å². The lowest BCUT2D eigenvalue weighted by atomic mass is 9.78. The van der Waals surface area contributed by atoms with Gasteiger partial charge in [-0.25, -0.2) is 9.37 Å². The summed E-state index contributed by atoms with van der Waals surface area (Å²) in [4.78, 5) is 4.37. The number of fused-ring (bicyclic) bond motifs is 2. The molecule has 2 atom stereocenters. The van der Waals surface area contributed by atoms with E-state index >= 15 is 4.39 Å². The molecule has 3 aromatic heterocycles. The molecule has 1 saturated heterocycles. The number of alkyl halides is 1. The molecule has 0 radical (unpaired) electrons. The van der Waals surface area contributed by atoms with Crippen molar-refractivity contribution in [3.05, 3.63) is 36.4 Å². The molecule has 0 spiro atoms. The summed E-state index contributed by atoms with van der Waals surface area (Å²) < 4.78 is 28.7. The Balaban J connectivity index is 1.59. The van der Waals surface area contributed by atoms with E-state index in [-0.39, 0.29) is 11.6 Å². The Bertz CT molecular complexity index is 1320. The third kappa shape index (κ3) is 3.33. The number of ether oxygens (including phenoxy) is 1. The maximum Gasteiger partial charge on any atom is 0.192 e. The van der Waals surface area contributed by atoms with E-state index in [0.717, 1.165) is 16.5 Å². The van der Waals surface area contributed by atoms with Gasteiger partial charge in [-0.3, -0.25) is 0 Å². The third-order valence-electron chi connectivity index (χ3n) is 6.32. The molecule has 1 aliphatic rings. The highest BCUT2D eigenvalue weighted by Gasteiger charge is 2.47. The van der Waals surface area contributed by atoms with Crippen molar-refractivity contribution in [3.8, 4) is 17.0 Å². The molecule has 4 aromatic rings. The van der Waals surface area contributed by atoms with Crippen LogP contribution in [0.1, 0.15) is 46.0 Å². The number of aromatic nitrogens is 4. The van der Waals surface area contributed by atoms with E-state index in [1.807, 2.05) is 55.8 Å². The largest absolute Gasteiger partial charge is 0.496 e. The Morgan fingerprint density at radius 3 is 2.72 bits per heavy atom. The van der Waals surface area contributed by atoms with Crippen LogP contribution in [0.25, 0.3) is 33.4 Å². The first kappa shape index (κ1) is 20.9. The van der Waals surface area contributed by atoms with E-state index in [1.165, 1.54) is 0 Å². The predicted molar refractivity (Wildman–Crippen MR) is 122 cm³/mol. The van der Waals surface area contributed by atoms with Gasteiger partial charge in [-0.05, 0) is 52.3 Å². The molecule has 1 fully saturated rings. The lowest BCUT2D eigenvalue weighted by Gasteiger charge is -2.49. The first-order valence-electron chi connectivity index (χ1n) is 10.8. The fourth-order valence-corrected chi connectivity index (χ4v) is 5.13. The van der Waals surface area contributed by atoms with E-state index in [0.29, 0.717) is 35.0 Å². The number of hydrogen-bond donors (Lipinski definition) is 1. The summed E-state index contributed by atoms with van der Waals surface area (Å²) in [6.07, 6.45) is 1.50. The molecule has 1 aliphatic heterocycles. The summed E-state index contributed by atoms with van der Waals surface area (Å²) in [6, 6.07) is 7.30. The summed E-state index contributed by atoms with van der Waals surface area (Å²) in [7, 11) is 1.61. The number of benzene rings is 1. The fraction of sp³-hybridized carbons (Fsp3) is 0.458. The van der Waals surface area contributed by atoms with Crippen LogP contribution in [0.3, 0.4) is 0 Å². The van der Waals surface area contributed by atoms with Gasteiger partial charge in [0.2, 0.25) is 0 Å². The minimum absolute atomic E-state index is 0.196. The third-order valence-corrected chi connectivity index (χ3v) is 6.32. The molecule has 0 amide bonds. The predicted octanol–water partition coefficient (Wildman–Crippen LogP) is 4.99. The topological polar surface area (TPSA) is 78.0 Å². The zero-order valence-corrected chi connectivity index (χ0v) is 19.2. The second-order valence-corrected chi connectivity index (χ2v) is 9.89. The van der Waals surface area contributed by atoms with Gasteiger partial charge < -0.3 is 19.0 Å². The SMILES string of the molecule is COc1cc2nc(C)oc2cc1-c1cc2ccn(C3CC(C)(C)NC(C)(C)C3F)c2nn1. The van der Waals surface area contributed by atoms with Gasteiger partial charge in [-0.2, -0.15) is 0 Å². The molecule has 32 heavy (non-hydrogen) atoms. The average molecular weight is 438 g/mol. The second-order valence-electron chi connectivity index (χ2n) is 9.89. The fourth-order valence-electron chi connectivity index (χ4n) is 5.13. The van der Waals surface area contributed by atoms with E-state index < -0.39 is 11.7 Å². The van der Waals surface area contributed by atoms with Crippen molar-refractivity contribution in [1.82, 2.24) is 25.1 Å². The van der Waals surface area contributed by atoms with Gasteiger partial charge in [0.25, 0.3) is 0 Å². The van der Waals surface area contributed by atoms with Crippen LogP contribution in [0.5, 0.6) is 5.75 Å². The Labute approximate surface area is 186 Å². The number of methoxy groups -OCH3 is 1. The standard InChI is InChI=1S/C24H28FN5O2/c1-13-26-17-11-19(31-6)15(10-20(17)32-13)16-9-14-7-8-30(22(14)28-27-16)18-12-23(2,3)29-24(4,5)21(18)25/h7-11,18,21,29H,12H2,1-6H3. The number of hydrogen-bond acceptors (Lipinski definition) is 6. The van der Waals surface area contributed by atoms with Gasteiger partial charge in [0, 0.05) is 41.2 Å². The van der Waals surface area contributed by atoms with Crippen molar-refractivity contribution in [2.75, 3.05) is 7.11 Å². The molecule has 8 heteroatoms. The van der Waals surface area contributed by atoms with Crippen LogP contribution in [0.15, 0.2) is 34.9 Å². The molecule has 1 N–H and O–H groups in total. The number of oxazole rings is 1. The Hall–Kier alpha value is -3.00. The number of halogens is 1. The Morgan fingerprint density at radius 1 is 1.19 bits per heavy atom. The van der Waals surface area contributed by atoms with Gasteiger partial charge in [0.05, 0.1) is 18.8 Å². The highest BCUT2D eigenvalue weighted by atomic mass is 19.1. The smallest absolute Gasteiger partial charge is 0.192 e. The van der Waals surface area contributed by atoms with Gasteiger partial charge >= 0.3 is 0 Å². The normalized spacial score (nSPS) is 22.5. The molecule has 5 rings (SSSR count). The maximum atomic E-state index is 15.5. The molecule has 0 saturated carbocycles. The van der Waals surface area contributed by atoms with E-state index in [4.69, 9.17) is 9.15 Å². The first-order valence-corrected chi connectivity index (χ1v) is 10.8. The van der Waals surface area contributed by atoms with Crippen LogP contribution in [0, 0.1) is 6.92 Å². The monoisotopic (exact) mass is 437 g/mol. The molecular weight excluding hydrogens is 409 g/mol. The van der Waals surface area contributed by atoms with Crippen LogP contribution >= 0.6 is 0 Å². The minimum Gasteiger partial charge on any atom is -0.496 e. The van der Waals surface area contributed by atoms with Crippen molar-refractivity contribution >= 4 is 22.1 Å². The van der Waals surface area contributed by atoms with Crippen molar-refractivity contribution in [1.29, 1.82) is 0 Å². The number of nitrogens with one attached hydrogen (secondary N) is 1. The van der Waals surface area contributed by atoms with Crippen LogP contribution in [0.4, 0.5) is 4.39 Å². The van der Waals surface area contributed by atoms with Crippen LogP contribution in [0.2, 0.25) is 0 Å². The molecule has 4 heterocycles. The van der Waals surface area contributed by atoms with Crippen LogP contribution in [-0.4, -0.2) is 44.1 Å². The van der Waals surface area contributed by atoms with Crippen molar-refractivity contribution in [2.45, 2.75) is 64.3 Å². The van der Waals surface area contributed by atoms with Gasteiger partial charge in [0.1, 0.15) is 17.4 Å². The lowest BCUT2D eigenvalue weighted by Crippen LogP contribution is -2.64. The maximum absolute atomic E-state index is 15.5. The highest BCUT2D eigenvalue weighted by Crippen LogP contribution is 2.40. The average Bonchev–Trinajstić information content (AvgIpc) is 3.30. The number of nitrogens with zero attached hydrogens (tertiary/aromatic N) is 4. The Morgan fingerprint density at radius 2 is 1.97 bits per heavy atom. The molecule has 0 aliphatic carbocycles. The van der Waals surface area contributed by atoms with Crippen molar-refractivity contribution in [3.63, 3.8) is 0 Å². The van der Waals surface area contributed by atoms with Crippen molar-refractivity contribution < 1.29 is 13.5 Å². The summed E-state index contributed by atoms with van der Waals surface area (Å²) in [6.45, 7) is 9.85. The van der Waals surface area contributed by atoms with Gasteiger partial charge in [-0.15, -0.1) is 10.2 Å². The summed E-state index contributed by atoms with van der Waals surface area (Å²) in [5, 5.41) is 13.3. The van der Waals surface area contributed by atoms with Crippen molar-refractivity contribution in [2.24, 2.45) is 0 Å². The molecule has 168 valence electrons. The molecule has 0 bridgehead atoms. The minimum atomic E-state index is -1.07. The summed E-state index contributed by atoms with van der Waals surface area (Å²) >= 11 is 0. The van der Waals surface area contributed by atoms with E-state index in [1.54, 1.807) is 7.11 Å². The number of aryl methyl sites for hydroxylation is 1. The quantitative estimate of drug-likeness (QED) is 0.487. The zero-order chi connectivity index (χ0) is 22.8. The number of piperidine rings is 1. The molecule has 7 nitrogen and oxygen atoms in total. The molecule has 1 aromatic carbocycles. The van der Waals surface area contributed by atoms with Crippen LogP contribution < -0.4 is 10.1 Å². The zero-order valence-electron chi connectivity index (χ0n) is 19.2. The highest BCUT2D eigenvalue weighted by molar-refractivity contribution is 5.87. The molecular formula is C24H28FN5O2. The summed E-state index contributed by atoms with van der Waals surface area (Å²) in [5.41, 5.74) is 2.65. The molecule has 2 unspecified atom stereocenters. The second kappa shape index (κ2) is 7.00. The lowest BCUT2D eigenvalue weighted by molar-refractivity contribution is 0.0313. The Kier molecular flexibility index (Phi) is 4.57.